The van der Waals surface area contributed by atoms with Gasteiger partial charge < -0.3 is 4.74 Å². The van der Waals surface area contributed by atoms with Crippen molar-refractivity contribution in [2.75, 3.05) is 6.61 Å². The topological polar surface area (TPSA) is 22.1 Å². The van der Waals surface area contributed by atoms with E-state index in [-0.39, 0.29) is 0 Å². The summed E-state index contributed by atoms with van der Waals surface area (Å²) >= 11 is 6.78. The summed E-state index contributed by atoms with van der Waals surface area (Å²) in [4.78, 5) is 4.20. The van der Waals surface area contributed by atoms with Crippen LogP contribution in [0.5, 0.6) is 5.88 Å². The van der Waals surface area contributed by atoms with Crippen molar-refractivity contribution in [2.24, 2.45) is 0 Å². The Kier molecular flexibility index (Phi) is 4.80. The van der Waals surface area contributed by atoms with Crippen LogP contribution in [0.4, 0.5) is 0 Å². The van der Waals surface area contributed by atoms with Gasteiger partial charge in [-0.05, 0) is 44.0 Å². The van der Waals surface area contributed by atoms with Crippen molar-refractivity contribution in [3.05, 3.63) is 21.2 Å². The molecule has 1 aromatic rings. The number of halogens is 2. The molecule has 0 aliphatic carbocycles. The third kappa shape index (κ3) is 5.13. The van der Waals surface area contributed by atoms with Gasteiger partial charge in [-0.15, -0.1) is 0 Å². The predicted molar refractivity (Wildman–Crippen MR) is 73.3 cm³/mol. The first-order valence-electron chi connectivity index (χ1n) is 4.82. The Hall–Kier alpha value is 0.127. The third-order valence-electron chi connectivity index (χ3n) is 1.86. The standard InChI is InChI=1S/C10H15Br2NOSi/c1-15(2,3)5-4-14-10-9(12)6-8(11)7-13-10/h6-7H,4-5H2,1-3H3. The van der Waals surface area contributed by atoms with Crippen LogP contribution in [0, 0.1) is 0 Å². The lowest BCUT2D eigenvalue weighted by atomic mass is 10.5. The van der Waals surface area contributed by atoms with Crippen molar-refractivity contribution in [3.63, 3.8) is 0 Å². The number of hydrogen-bond donors (Lipinski definition) is 0. The molecule has 84 valence electrons. The van der Waals surface area contributed by atoms with Crippen molar-refractivity contribution in [1.29, 1.82) is 0 Å². The van der Waals surface area contributed by atoms with Gasteiger partial charge in [-0.25, -0.2) is 4.98 Å². The number of hydrogen-bond acceptors (Lipinski definition) is 2. The van der Waals surface area contributed by atoms with Crippen LogP contribution in [-0.4, -0.2) is 19.7 Å². The molecule has 0 fully saturated rings. The molecule has 0 N–H and O–H groups in total. The third-order valence-corrected chi connectivity index (χ3v) is 4.57. The Labute approximate surface area is 109 Å². The molecule has 0 aliphatic rings. The van der Waals surface area contributed by atoms with E-state index in [2.05, 4.69) is 56.5 Å². The first-order valence-corrected chi connectivity index (χ1v) is 10.1. The highest BCUT2D eigenvalue weighted by Crippen LogP contribution is 2.25. The first kappa shape index (κ1) is 13.2. The normalized spacial score (nSPS) is 11.5. The highest BCUT2D eigenvalue weighted by molar-refractivity contribution is 9.11. The lowest BCUT2D eigenvalue weighted by Crippen LogP contribution is -2.22. The van der Waals surface area contributed by atoms with Gasteiger partial charge in [0.15, 0.2) is 0 Å². The SMILES string of the molecule is C[Si](C)(C)CCOc1ncc(Br)cc1Br. The lowest BCUT2D eigenvalue weighted by Gasteiger charge is -2.15. The van der Waals surface area contributed by atoms with Crippen LogP contribution in [0.1, 0.15) is 0 Å². The number of nitrogens with zero attached hydrogens (tertiary/aromatic N) is 1. The van der Waals surface area contributed by atoms with Gasteiger partial charge in [0.1, 0.15) is 0 Å². The molecule has 0 aromatic carbocycles. The van der Waals surface area contributed by atoms with E-state index in [0.717, 1.165) is 21.6 Å². The number of pyridine rings is 1. The second-order valence-corrected chi connectivity index (χ2v) is 12.0. The average molecular weight is 353 g/mol. The number of rotatable bonds is 4. The average Bonchev–Trinajstić information content (AvgIpc) is 2.07. The molecule has 2 nitrogen and oxygen atoms in total. The Morgan fingerprint density at radius 1 is 1.33 bits per heavy atom. The van der Waals surface area contributed by atoms with Crippen molar-refractivity contribution in [2.45, 2.75) is 25.7 Å². The van der Waals surface area contributed by atoms with E-state index in [0.29, 0.717) is 5.88 Å². The zero-order valence-electron chi connectivity index (χ0n) is 9.18. The zero-order valence-corrected chi connectivity index (χ0v) is 13.4. The van der Waals surface area contributed by atoms with Gasteiger partial charge in [0.25, 0.3) is 0 Å². The van der Waals surface area contributed by atoms with E-state index >= 15 is 0 Å². The molecule has 0 aliphatic heterocycles. The molecule has 0 amide bonds. The van der Waals surface area contributed by atoms with Gasteiger partial charge in [0.05, 0.1) is 11.1 Å². The minimum atomic E-state index is -1.02. The van der Waals surface area contributed by atoms with Crippen molar-refractivity contribution in [3.8, 4) is 5.88 Å². The summed E-state index contributed by atoms with van der Waals surface area (Å²) in [6.45, 7) is 7.75. The van der Waals surface area contributed by atoms with E-state index in [1.807, 2.05) is 6.07 Å². The van der Waals surface area contributed by atoms with Crippen LogP contribution in [0.25, 0.3) is 0 Å². The van der Waals surface area contributed by atoms with E-state index < -0.39 is 8.07 Å². The van der Waals surface area contributed by atoms with Gasteiger partial charge in [0.2, 0.25) is 5.88 Å². The van der Waals surface area contributed by atoms with Crippen LogP contribution in [-0.2, 0) is 0 Å². The summed E-state index contributed by atoms with van der Waals surface area (Å²) in [6, 6.07) is 3.09. The van der Waals surface area contributed by atoms with E-state index in [1.165, 1.54) is 0 Å². The fraction of sp³-hybridized carbons (Fsp3) is 0.500. The lowest BCUT2D eigenvalue weighted by molar-refractivity contribution is 0.322. The second kappa shape index (κ2) is 5.45. The minimum Gasteiger partial charge on any atom is -0.477 e. The van der Waals surface area contributed by atoms with Crippen LogP contribution >= 0.6 is 31.9 Å². The van der Waals surface area contributed by atoms with Crippen LogP contribution in [0.3, 0.4) is 0 Å². The highest BCUT2D eigenvalue weighted by Gasteiger charge is 2.13. The fourth-order valence-electron chi connectivity index (χ4n) is 0.962. The fourth-order valence-corrected chi connectivity index (χ4v) is 2.78. The van der Waals surface area contributed by atoms with Gasteiger partial charge >= 0.3 is 0 Å². The van der Waals surface area contributed by atoms with E-state index in [1.54, 1.807) is 6.20 Å². The summed E-state index contributed by atoms with van der Waals surface area (Å²) in [5.41, 5.74) is 0. The summed E-state index contributed by atoms with van der Waals surface area (Å²) < 4.78 is 7.47. The maximum Gasteiger partial charge on any atom is 0.227 e. The van der Waals surface area contributed by atoms with E-state index in [9.17, 15) is 0 Å². The molecule has 0 atom stereocenters. The monoisotopic (exact) mass is 351 g/mol. The number of aromatic nitrogens is 1. The molecule has 0 spiro atoms. The molecule has 0 saturated heterocycles. The molecule has 1 aromatic heterocycles. The molecule has 0 bridgehead atoms. The number of ether oxygens (including phenoxy) is 1. The minimum absolute atomic E-state index is 0.677. The first-order chi connectivity index (χ1) is 6.88. The Balaban J connectivity index is 2.51. The predicted octanol–water partition coefficient (Wildman–Crippen LogP) is 4.32. The summed E-state index contributed by atoms with van der Waals surface area (Å²) in [6.07, 6.45) is 1.74. The van der Waals surface area contributed by atoms with Gasteiger partial charge in [-0.1, -0.05) is 19.6 Å². The maximum absolute atomic E-state index is 5.62. The molecule has 1 heterocycles. The Morgan fingerprint density at radius 3 is 2.53 bits per heavy atom. The summed E-state index contributed by atoms with van der Waals surface area (Å²) in [7, 11) is -1.02. The Bertz CT molecular complexity index is 339. The van der Waals surface area contributed by atoms with Crippen LogP contribution in [0.2, 0.25) is 25.7 Å². The van der Waals surface area contributed by atoms with Crippen molar-refractivity contribution in [1.82, 2.24) is 4.98 Å². The summed E-state index contributed by atoms with van der Waals surface area (Å²) in [5, 5.41) is 0. The van der Waals surface area contributed by atoms with Crippen molar-refractivity contribution >= 4 is 39.9 Å². The maximum atomic E-state index is 5.62. The molecule has 0 radical (unpaired) electrons. The molecular weight excluding hydrogens is 338 g/mol. The second-order valence-electron chi connectivity index (χ2n) is 4.60. The van der Waals surface area contributed by atoms with Gasteiger partial charge in [0, 0.05) is 18.7 Å². The van der Waals surface area contributed by atoms with Crippen LogP contribution in [0.15, 0.2) is 21.2 Å². The largest absolute Gasteiger partial charge is 0.477 e. The van der Waals surface area contributed by atoms with E-state index in [4.69, 9.17) is 4.74 Å². The quantitative estimate of drug-likeness (QED) is 0.752. The summed E-state index contributed by atoms with van der Waals surface area (Å²) in [5.74, 6) is 0.677. The molecule has 1 rings (SSSR count). The molecule has 0 unspecified atom stereocenters. The molecule has 15 heavy (non-hydrogen) atoms. The molecular formula is C10H15Br2NOSi. The van der Waals surface area contributed by atoms with Gasteiger partial charge in [-0.2, -0.15) is 0 Å². The molecule has 5 heteroatoms. The molecule has 0 saturated carbocycles. The van der Waals surface area contributed by atoms with Crippen molar-refractivity contribution < 1.29 is 4.74 Å². The van der Waals surface area contributed by atoms with Crippen LogP contribution < -0.4 is 4.74 Å². The van der Waals surface area contributed by atoms with Gasteiger partial charge in [-0.3, -0.25) is 0 Å². The smallest absolute Gasteiger partial charge is 0.227 e. The Morgan fingerprint density at radius 2 is 2.00 bits per heavy atom. The zero-order chi connectivity index (χ0) is 11.5. The highest BCUT2D eigenvalue weighted by atomic mass is 79.9.